The van der Waals surface area contributed by atoms with Gasteiger partial charge in [0.05, 0.1) is 22.4 Å². The summed E-state index contributed by atoms with van der Waals surface area (Å²) in [7, 11) is 0. The Balaban J connectivity index is 1.12. The summed E-state index contributed by atoms with van der Waals surface area (Å²) in [6.45, 7) is 6.98. The van der Waals surface area contributed by atoms with E-state index < -0.39 is 0 Å². The zero-order valence-electron chi connectivity index (χ0n) is 37.4. The Bertz CT molecular complexity index is 3560. The van der Waals surface area contributed by atoms with Gasteiger partial charge in [0, 0.05) is 38.7 Å². The number of hydrogen-bond acceptors (Lipinski definition) is 1. The molecule has 1 heterocycles. The number of aryl methyl sites for hydroxylation is 1. The first-order valence-electron chi connectivity index (χ1n) is 23.0. The van der Waals surface area contributed by atoms with Crippen LogP contribution in [0.4, 0.5) is 17.1 Å². The maximum atomic E-state index is 2.53. The molecule has 0 amide bonds. The second kappa shape index (κ2) is 15.8. The standard InChI is InChI=1S/C64H48N2/c1-43-18-10-11-23-51(43)57-40-48(46-32-30-45(31-33-46)44-19-6-4-7-20-44)34-38-63(57)66(50-35-37-53-52-24-12-15-27-58(52)64(2,3)59(53)42-50)62-39-36-49(41-56(62)47-21-8-5-9-22-47)65-60-28-16-13-25-54(60)55-26-14-17-29-61(55)65/h4-42H,1-3H3. The van der Waals surface area contributed by atoms with Gasteiger partial charge in [-0.05, 0) is 123 Å². The molecule has 1 aliphatic carbocycles. The molecule has 0 unspecified atom stereocenters. The Hall–Kier alpha value is -8.20. The lowest BCUT2D eigenvalue weighted by Gasteiger charge is -2.32. The number of hydrogen-bond donors (Lipinski definition) is 0. The van der Waals surface area contributed by atoms with Crippen LogP contribution in [0.5, 0.6) is 0 Å². The SMILES string of the molecule is Cc1ccccc1-c1cc(-c2ccc(-c3ccccc3)cc2)ccc1N(c1ccc2c(c1)C(C)(C)c1ccccc1-2)c1ccc(-n2c3ccccc3c3ccccc32)cc1-c1ccccc1. The van der Waals surface area contributed by atoms with Gasteiger partial charge in [0.2, 0.25) is 0 Å². The zero-order valence-corrected chi connectivity index (χ0v) is 37.4. The summed E-state index contributed by atoms with van der Waals surface area (Å²) < 4.78 is 2.43. The predicted octanol–water partition coefficient (Wildman–Crippen LogP) is 17.5. The van der Waals surface area contributed by atoms with Crippen molar-refractivity contribution in [2.75, 3.05) is 4.90 Å². The van der Waals surface area contributed by atoms with Gasteiger partial charge in [0.15, 0.2) is 0 Å². The zero-order chi connectivity index (χ0) is 44.4. The third-order valence-corrected chi connectivity index (χ3v) is 14.0. The molecule has 0 saturated heterocycles. The van der Waals surface area contributed by atoms with E-state index in [2.05, 4.69) is 267 Å². The first-order chi connectivity index (χ1) is 32.4. The minimum absolute atomic E-state index is 0.176. The molecule has 10 aromatic carbocycles. The smallest absolute Gasteiger partial charge is 0.0541 e. The van der Waals surface area contributed by atoms with Gasteiger partial charge < -0.3 is 9.47 Å². The van der Waals surface area contributed by atoms with Crippen molar-refractivity contribution in [3.05, 3.63) is 253 Å². The number of benzene rings is 10. The number of para-hydroxylation sites is 2. The van der Waals surface area contributed by atoms with Crippen LogP contribution < -0.4 is 4.90 Å². The molecule has 0 fully saturated rings. The van der Waals surface area contributed by atoms with E-state index in [0.717, 1.165) is 33.9 Å². The number of nitrogens with zero attached hydrogens (tertiary/aromatic N) is 2. The fourth-order valence-electron chi connectivity index (χ4n) is 10.6. The van der Waals surface area contributed by atoms with Crippen molar-refractivity contribution in [1.29, 1.82) is 0 Å². The summed E-state index contributed by atoms with van der Waals surface area (Å²) in [5.74, 6) is 0. The second-order valence-corrected chi connectivity index (χ2v) is 18.2. The van der Waals surface area contributed by atoms with Crippen LogP contribution in [-0.2, 0) is 5.41 Å². The van der Waals surface area contributed by atoms with Gasteiger partial charge >= 0.3 is 0 Å². The van der Waals surface area contributed by atoms with E-state index in [1.807, 2.05) is 0 Å². The molecule has 1 aliphatic rings. The molecule has 0 N–H and O–H groups in total. The number of anilines is 3. The summed E-state index contributed by atoms with van der Waals surface area (Å²) >= 11 is 0. The van der Waals surface area contributed by atoms with Crippen LogP contribution in [0.1, 0.15) is 30.5 Å². The van der Waals surface area contributed by atoms with Crippen molar-refractivity contribution in [3.63, 3.8) is 0 Å². The molecule has 0 radical (unpaired) electrons. The van der Waals surface area contributed by atoms with Crippen molar-refractivity contribution >= 4 is 38.9 Å². The first kappa shape index (κ1) is 39.4. The maximum absolute atomic E-state index is 2.53. The summed E-state index contributed by atoms with van der Waals surface area (Å²) in [5.41, 5.74) is 22.7. The van der Waals surface area contributed by atoms with Gasteiger partial charge in [-0.15, -0.1) is 0 Å². The Morgan fingerprint density at radius 3 is 1.56 bits per heavy atom. The Morgan fingerprint density at radius 2 is 0.864 bits per heavy atom. The van der Waals surface area contributed by atoms with Crippen LogP contribution in [0.25, 0.3) is 83.1 Å². The van der Waals surface area contributed by atoms with E-state index in [1.165, 1.54) is 83.0 Å². The van der Waals surface area contributed by atoms with Crippen LogP contribution in [-0.4, -0.2) is 4.57 Å². The molecule has 2 heteroatoms. The number of fused-ring (bicyclic) bond motifs is 6. The van der Waals surface area contributed by atoms with Gasteiger partial charge in [-0.25, -0.2) is 0 Å². The van der Waals surface area contributed by atoms with Gasteiger partial charge in [-0.3, -0.25) is 0 Å². The van der Waals surface area contributed by atoms with Crippen LogP contribution in [0.2, 0.25) is 0 Å². The lowest BCUT2D eigenvalue weighted by Crippen LogP contribution is -2.17. The highest BCUT2D eigenvalue weighted by Gasteiger charge is 2.36. The second-order valence-electron chi connectivity index (χ2n) is 18.2. The Labute approximate surface area is 387 Å². The quantitative estimate of drug-likeness (QED) is 0.148. The molecule has 12 rings (SSSR count). The molecule has 2 nitrogen and oxygen atoms in total. The van der Waals surface area contributed by atoms with Crippen LogP contribution in [0.15, 0.2) is 237 Å². The first-order valence-corrected chi connectivity index (χ1v) is 23.0. The van der Waals surface area contributed by atoms with Crippen molar-refractivity contribution in [2.45, 2.75) is 26.2 Å². The molecule has 0 spiro atoms. The molecule has 1 aromatic heterocycles. The van der Waals surface area contributed by atoms with Crippen LogP contribution >= 0.6 is 0 Å². The monoisotopic (exact) mass is 844 g/mol. The van der Waals surface area contributed by atoms with Crippen LogP contribution in [0, 0.1) is 6.92 Å². The summed E-state index contributed by atoms with van der Waals surface area (Å²) in [5, 5.41) is 2.50. The molecule has 0 aliphatic heterocycles. The molecule has 11 aromatic rings. The Morgan fingerprint density at radius 1 is 0.348 bits per heavy atom. The predicted molar refractivity (Wildman–Crippen MR) is 280 cm³/mol. The van der Waals surface area contributed by atoms with E-state index >= 15 is 0 Å². The normalized spacial score (nSPS) is 12.6. The largest absolute Gasteiger partial charge is 0.309 e. The summed E-state index contributed by atoms with van der Waals surface area (Å²) in [6, 6.07) is 87.1. The minimum Gasteiger partial charge on any atom is -0.309 e. The molecule has 66 heavy (non-hydrogen) atoms. The van der Waals surface area contributed by atoms with E-state index in [1.54, 1.807) is 0 Å². The fourth-order valence-corrected chi connectivity index (χ4v) is 10.6. The molecule has 314 valence electrons. The third-order valence-electron chi connectivity index (χ3n) is 14.0. The average molecular weight is 845 g/mol. The van der Waals surface area contributed by atoms with Gasteiger partial charge in [0.25, 0.3) is 0 Å². The van der Waals surface area contributed by atoms with Crippen molar-refractivity contribution in [1.82, 2.24) is 4.57 Å². The molecule has 0 saturated carbocycles. The molecule has 0 bridgehead atoms. The number of aromatic nitrogens is 1. The minimum atomic E-state index is -0.176. The highest BCUT2D eigenvalue weighted by molar-refractivity contribution is 6.09. The number of rotatable bonds is 8. The van der Waals surface area contributed by atoms with Crippen molar-refractivity contribution in [3.8, 4) is 61.3 Å². The van der Waals surface area contributed by atoms with E-state index in [4.69, 9.17) is 0 Å². The molecular formula is C64H48N2. The van der Waals surface area contributed by atoms with E-state index in [0.29, 0.717) is 0 Å². The third kappa shape index (κ3) is 6.48. The van der Waals surface area contributed by atoms with Gasteiger partial charge in [-0.1, -0.05) is 196 Å². The van der Waals surface area contributed by atoms with Crippen LogP contribution in [0.3, 0.4) is 0 Å². The van der Waals surface area contributed by atoms with Crippen molar-refractivity contribution in [2.24, 2.45) is 0 Å². The van der Waals surface area contributed by atoms with E-state index in [-0.39, 0.29) is 5.41 Å². The molecule has 0 atom stereocenters. The molecular weight excluding hydrogens is 797 g/mol. The fraction of sp³-hybridized carbons (Fsp3) is 0.0625. The van der Waals surface area contributed by atoms with E-state index in [9.17, 15) is 0 Å². The topological polar surface area (TPSA) is 8.17 Å². The maximum Gasteiger partial charge on any atom is 0.0541 e. The highest BCUT2D eigenvalue weighted by atomic mass is 15.1. The lowest BCUT2D eigenvalue weighted by molar-refractivity contribution is 0.660. The van der Waals surface area contributed by atoms with Gasteiger partial charge in [0.1, 0.15) is 0 Å². The summed E-state index contributed by atoms with van der Waals surface area (Å²) in [6.07, 6.45) is 0. The highest BCUT2D eigenvalue weighted by Crippen LogP contribution is 2.53. The summed E-state index contributed by atoms with van der Waals surface area (Å²) in [4.78, 5) is 2.53. The van der Waals surface area contributed by atoms with Gasteiger partial charge in [-0.2, -0.15) is 0 Å². The lowest BCUT2D eigenvalue weighted by atomic mass is 9.82. The average Bonchev–Trinajstić information content (AvgIpc) is 3.83. The Kier molecular flexibility index (Phi) is 9.43. The van der Waals surface area contributed by atoms with Crippen molar-refractivity contribution < 1.29 is 0 Å².